The van der Waals surface area contributed by atoms with Gasteiger partial charge in [0.1, 0.15) is 0 Å². The summed E-state index contributed by atoms with van der Waals surface area (Å²) in [7, 11) is 1.36. The Morgan fingerprint density at radius 3 is 3.00 bits per heavy atom. The van der Waals surface area contributed by atoms with Gasteiger partial charge in [0.05, 0.1) is 19.6 Å². The number of hydrogen-bond acceptors (Lipinski definition) is 4. The highest BCUT2D eigenvalue weighted by Crippen LogP contribution is 2.14. The molecule has 2 N–H and O–H groups in total. The summed E-state index contributed by atoms with van der Waals surface area (Å²) in [6.45, 7) is 0.889. The van der Waals surface area contributed by atoms with Crippen molar-refractivity contribution in [1.29, 1.82) is 0 Å². The normalized spacial score (nSPS) is 18.1. The van der Waals surface area contributed by atoms with E-state index in [2.05, 4.69) is 15.4 Å². The average Bonchev–Trinajstić information content (AvgIpc) is 2.93. The number of benzene rings is 1. The van der Waals surface area contributed by atoms with Crippen LogP contribution in [0.15, 0.2) is 24.3 Å². The van der Waals surface area contributed by atoms with Gasteiger partial charge in [-0.15, -0.1) is 0 Å². The maximum Gasteiger partial charge on any atom is 0.309 e. The molecule has 0 aliphatic carbocycles. The Kier molecular flexibility index (Phi) is 4.52. The Hall–Kier alpha value is -1.88. The van der Waals surface area contributed by atoms with Crippen LogP contribution in [0.4, 0.5) is 5.69 Å². The third kappa shape index (κ3) is 3.79. The van der Waals surface area contributed by atoms with E-state index < -0.39 is 0 Å². The van der Waals surface area contributed by atoms with Crippen LogP contribution in [0.25, 0.3) is 0 Å². The molecule has 5 heteroatoms. The minimum Gasteiger partial charge on any atom is -0.469 e. The highest BCUT2D eigenvalue weighted by molar-refractivity contribution is 5.95. The van der Waals surface area contributed by atoms with Crippen molar-refractivity contribution >= 4 is 17.6 Å². The minimum atomic E-state index is -0.291. The zero-order chi connectivity index (χ0) is 13.7. The van der Waals surface area contributed by atoms with E-state index in [1.54, 1.807) is 6.07 Å². The Morgan fingerprint density at radius 1 is 1.47 bits per heavy atom. The van der Waals surface area contributed by atoms with Crippen molar-refractivity contribution < 1.29 is 14.3 Å². The maximum absolute atomic E-state index is 11.9. The molecule has 5 nitrogen and oxygen atoms in total. The number of ether oxygens (including phenoxy) is 1. The van der Waals surface area contributed by atoms with Crippen LogP contribution in [0, 0.1) is 0 Å². The van der Waals surface area contributed by atoms with Crippen molar-refractivity contribution in [1.82, 2.24) is 5.32 Å². The van der Waals surface area contributed by atoms with Gasteiger partial charge in [-0.1, -0.05) is 12.1 Å². The average molecular weight is 262 g/mol. The highest BCUT2D eigenvalue weighted by Gasteiger charge is 2.21. The van der Waals surface area contributed by atoms with Gasteiger partial charge in [-0.2, -0.15) is 0 Å². The number of carbonyl (C=O) groups is 2. The molecule has 0 bridgehead atoms. The number of esters is 1. The van der Waals surface area contributed by atoms with Gasteiger partial charge in [0.25, 0.3) is 0 Å². The molecule has 1 aliphatic heterocycles. The number of hydrogen-bond donors (Lipinski definition) is 2. The first-order valence-corrected chi connectivity index (χ1v) is 6.39. The van der Waals surface area contributed by atoms with Crippen molar-refractivity contribution in [2.24, 2.45) is 0 Å². The van der Waals surface area contributed by atoms with E-state index in [4.69, 9.17) is 0 Å². The molecule has 1 unspecified atom stereocenters. The lowest BCUT2D eigenvalue weighted by molar-refractivity contribution is -0.139. The maximum atomic E-state index is 11.9. The summed E-state index contributed by atoms with van der Waals surface area (Å²) in [6, 6.07) is 7.15. The topological polar surface area (TPSA) is 67.4 Å². The summed E-state index contributed by atoms with van der Waals surface area (Å²) < 4.78 is 4.62. The molecule has 1 atom stereocenters. The lowest BCUT2D eigenvalue weighted by Gasteiger charge is -2.11. The molecule has 1 aromatic carbocycles. The van der Waals surface area contributed by atoms with Gasteiger partial charge in [-0.05, 0) is 37.1 Å². The van der Waals surface area contributed by atoms with Gasteiger partial charge >= 0.3 is 5.97 Å². The van der Waals surface area contributed by atoms with E-state index in [0.717, 1.165) is 24.9 Å². The lowest BCUT2D eigenvalue weighted by Crippen LogP contribution is -2.35. The van der Waals surface area contributed by atoms with Crippen LogP contribution in [-0.4, -0.2) is 31.6 Å². The number of rotatable bonds is 4. The Morgan fingerprint density at radius 2 is 2.32 bits per heavy atom. The zero-order valence-electron chi connectivity index (χ0n) is 10.9. The first kappa shape index (κ1) is 13.5. The fraction of sp³-hybridized carbons (Fsp3) is 0.429. The van der Waals surface area contributed by atoms with Gasteiger partial charge < -0.3 is 15.4 Å². The van der Waals surface area contributed by atoms with Gasteiger partial charge in [-0.25, -0.2) is 0 Å². The molecule has 1 saturated heterocycles. The first-order valence-electron chi connectivity index (χ1n) is 6.39. The Labute approximate surface area is 112 Å². The van der Waals surface area contributed by atoms with Gasteiger partial charge in [0, 0.05) is 5.69 Å². The Balaban J connectivity index is 1.98. The monoisotopic (exact) mass is 262 g/mol. The smallest absolute Gasteiger partial charge is 0.309 e. The minimum absolute atomic E-state index is 0.0206. The summed E-state index contributed by atoms with van der Waals surface area (Å²) in [4.78, 5) is 23.1. The van der Waals surface area contributed by atoms with Crippen LogP contribution in [0.5, 0.6) is 0 Å². The van der Waals surface area contributed by atoms with Crippen molar-refractivity contribution in [2.45, 2.75) is 25.3 Å². The Bertz CT molecular complexity index is 468. The molecule has 1 aromatic rings. The lowest BCUT2D eigenvalue weighted by atomic mass is 10.1. The van der Waals surface area contributed by atoms with E-state index in [1.165, 1.54) is 7.11 Å². The summed E-state index contributed by atoms with van der Waals surface area (Å²) >= 11 is 0. The second-order valence-corrected chi connectivity index (χ2v) is 4.59. The third-order valence-electron chi connectivity index (χ3n) is 3.15. The van der Waals surface area contributed by atoms with Crippen LogP contribution in [0.2, 0.25) is 0 Å². The standard InChI is InChI=1S/C14H18N2O3/c1-19-13(17)9-10-4-2-5-11(8-10)16-14(18)12-6-3-7-15-12/h2,4-5,8,12,15H,3,6-7,9H2,1H3,(H,16,18). The summed E-state index contributed by atoms with van der Waals surface area (Å²) in [5.74, 6) is -0.311. The number of amides is 1. The molecule has 0 saturated carbocycles. The van der Waals surface area contributed by atoms with Gasteiger partial charge in [0.15, 0.2) is 0 Å². The largest absolute Gasteiger partial charge is 0.469 e. The van der Waals surface area contributed by atoms with Crippen molar-refractivity contribution in [3.05, 3.63) is 29.8 Å². The molecule has 1 amide bonds. The van der Waals surface area contributed by atoms with Gasteiger partial charge in [-0.3, -0.25) is 9.59 Å². The summed E-state index contributed by atoms with van der Waals surface area (Å²) in [6.07, 6.45) is 2.11. The molecule has 0 spiro atoms. The molecular weight excluding hydrogens is 244 g/mol. The second-order valence-electron chi connectivity index (χ2n) is 4.59. The number of carbonyl (C=O) groups excluding carboxylic acids is 2. The summed E-state index contributed by atoms with van der Waals surface area (Å²) in [5.41, 5.74) is 1.53. The fourth-order valence-electron chi connectivity index (χ4n) is 2.14. The predicted octanol–water partition coefficient (Wildman–Crippen LogP) is 1.09. The summed E-state index contributed by atoms with van der Waals surface area (Å²) in [5, 5.41) is 6.01. The van der Waals surface area contributed by atoms with Gasteiger partial charge in [0.2, 0.25) is 5.91 Å². The van der Waals surface area contributed by atoms with Crippen LogP contribution in [0.3, 0.4) is 0 Å². The number of nitrogens with one attached hydrogen (secondary N) is 2. The molecule has 19 heavy (non-hydrogen) atoms. The first-order chi connectivity index (χ1) is 9.19. The van der Waals surface area contributed by atoms with Crippen molar-refractivity contribution in [3.8, 4) is 0 Å². The molecule has 1 aliphatic rings. The molecule has 0 aromatic heterocycles. The van der Waals surface area contributed by atoms with E-state index in [9.17, 15) is 9.59 Å². The van der Waals surface area contributed by atoms with E-state index in [0.29, 0.717) is 5.69 Å². The third-order valence-corrected chi connectivity index (χ3v) is 3.15. The second kappa shape index (κ2) is 6.33. The number of anilines is 1. The molecular formula is C14H18N2O3. The van der Waals surface area contributed by atoms with Crippen molar-refractivity contribution in [3.63, 3.8) is 0 Å². The molecule has 102 valence electrons. The van der Waals surface area contributed by atoms with Crippen molar-refractivity contribution in [2.75, 3.05) is 19.0 Å². The highest BCUT2D eigenvalue weighted by atomic mass is 16.5. The fourth-order valence-corrected chi connectivity index (χ4v) is 2.14. The van der Waals surface area contributed by atoms with E-state index >= 15 is 0 Å². The van der Waals surface area contributed by atoms with Crippen LogP contribution < -0.4 is 10.6 Å². The van der Waals surface area contributed by atoms with Crippen LogP contribution >= 0.6 is 0 Å². The van der Waals surface area contributed by atoms with E-state index in [-0.39, 0.29) is 24.3 Å². The quantitative estimate of drug-likeness (QED) is 0.797. The molecule has 0 radical (unpaired) electrons. The van der Waals surface area contributed by atoms with Crippen LogP contribution in [-0.2, 0) is 20.7 Å². The molecule has 2 rings (SSSR count). The zero-order valence-corrected chi connectivity index (χ0v) is 10.9. The predicted molar refractivity (Wildman–Crippen MR) is 71.8 cm³/mol. The number of methoxy groups -OCH3 is 1. The molecule has 1 heterocycles. The van der Waals surface area contributed by atoms with E-state index in [1.807, 2.05) is 18.2 Å². The molecule has 1 fully saturated rings. The SMILES string of the molecule is COC(=O)Cc1cccc(NC(=O)C2CCCN2)c1. The van der Waals surface area contributed by atoms with Crippen LogP contribution in [0.1, 0.15) is 18.4 Å².